The normalized spacial score (nSPS) is 11.3. The molecular formula is C17H17ClN2O5S. The summed E-state index contributed by atoms with van der Waals surface area (Å²) in [6.07, 6.45) is 0.356. The maximum Gasteiger partial charge on any atom is 0.265 e. The Morgan fingerprint density at radius 1 is 1.23 bits per heavy atom. The minimum Gasteiger partial charge on any atom is -0.287 e. The number of nitro groups is 1. The predicted molar refractivity (Wildman–Crippen MR) is 97.7 cm³/mol. The molecule has 0 aromatic heterocycles. The Bertz CT molecular complexity index is 944. The number of rotatable bonds is 8. The fourth-order valence-electron chi connectivity index (χ4n) is 2.41. The number of hydrogen-bond donors (Lipinski definition) is 1. The van der Waals surface area contributed by atoms with Gasteiger partial charge in [-0.25, -0.2) is 13.1 Å². The number of aryl methyl sites for hydroxylation is 1. The fourth-order valence-corrected chi connectivity index (χ4v) is 3.99. The van der Waals surface area contributed by atoms with Crippen LogP contribution in [0.2, 0.25) is 5.02 Å². The highest BCUT2D eigenvalue weighted by Gasteiger charge is 2.17. The van der Waals surface area contributed by atoms with E-state index in [2.05, 4.69) is 4.72 Å². The number of ketones is 1. The Labute approximate surface area is 156 Å². The van der Waals surface area contributed by atoms with Crippen LogP contribution in [0.25, 0.3) is 0 Å². The molecule has 26 heavy (non-hydrogen) atoms. The molecule has 0 atom stereocenters. The Kier molecular flexibility index (Phi) is 6.47. The van der Waals surface area contributed by atoms with E-state index in [1.54, 1.807) is 31.2 Å². The van der Waals surface area contributed by atoms with Crippen LogP contribution in [0.3, 0.4) is 0 Å². The quantitative estimate of drug-likeness (QED) is 0.419. The molecule has 0 aliphatic carbocycles. The molecule has 1 N–H and O–H groups in total. The molecule has 138 valence electrons. The van der Waals surface area contributed by atoms with Gasteiger partial charge >= 0.3 is 0 Å². The molecule has 0 aliphatic rings. The maximum absolute atomic E-state index is 12.3. The number of carbonyl (C=O) groups excluding carboxylic acids is 1. The van der Waals surface area contributed by atoms with Gasteiger partial charge in [0.25, 0.3) is 6.54 Å². The van der Waals surface area contributed by atoms with Crippen LogP contribution in [0.15, 0.2) is 47.4 Å². The molecule has 0 saturated carbocycles. The minimum atomic E-state index is -3.62. The number of sulfonamides is 1. The van der Waals surface area contributed by atoms with Crippen LogP contribution < -0.4 is 4.72 Å². The largest absolute Gasteiger partial charge is 0.287 e. The van der Waals surface area contributed by atoms with Crippen molar-refractivity contribution in [3.05, 3.63) is 74.3 Å². The van der Waals surface area contributed by atoms with Crippen molar-refractivity contribution in [1.82, 2.24) is 4.72 Å². The van der Waals surface area contributed by atoms with Gasteiger partial charge in [-0.15, -0.1) is 0 Å². The van der Waals surface area contributed by atoms with Gasteiger partial charge in [-0.3, -0.25) is 14.9 Å². The molecule has 9 heteroatoms. The van der Waals surface area contributed by atoms with E-state index in [0.717, 1.165) is 0 Å². The Morgan fingerprint density at radius 3 is 2.54 bits per heavy atom. The Hall–Kier alpha value is -2.29. The van der Waals surface area contributed by atoms with E-state index in [4.69, 9.17) is 11.6 Å². The summed E-state index contributed by atoms with van der Waals surface area (Å²) in [7, 11) is -3.62. The van der Waals surface area contributed by atoms with E-state index >= 15 is 0 Å². The molecule has 0 spiro atoms. The van der Waals surface area contributed by atoms with Crippen LogP contribution in [-0.4, -0.2) is 32.2 Å². The SMILES string of the molecule is Cc1ccccc1S(=O)(=O)NCCc1ccc(C(=O)C[N+](=O)[O-])c(Cl)c1. The lowest BCUT2D eigenvalue weighted by Gasteiger charge is -2.10. The molecule has 0 unspecified atom stereocenters. The van der Waals surface area contributed by atoms with Crippen LogP contribution >= 0.6 is 11.6 Å². The number of nitrogens with one attached hydrogen (secondary N) is 1. The minimum absolute atomic E-state index is 0.0765. The van der Waals surface area contributed by atoms with Crippen molar-refractivity contribution in [3.8, 4) is 0 Å². The summed E-state index contributed by atoms with van der Waals surface area (Å²) in [5.74, 6) is -0.674. The highest BCUT2D eigenvalue weighted by molar-refractivity contribution is 7.89. The first-order valence-electron chi connectivity index (χ1n) is 7.69. The number of carbonyl (C=O) groups is 1. The first-order chi connectivity index (χ1) is 12.2. The van der Waals surface area contributed by atoms with Gasteiger partial charge in [0.2, 0.25) is 15.8 Å². The summed E-state index contributed by atoms with van der Waals surface area (Å²) in [6.45, 7) is 1.04. The first kappa shape index (κ1) is 20.0. The van der Waals surface area contributed by atoms with Crippen molar-refractivity contribution in [1.29, 1.82) is 0 Å². The van der Waals surface area contributed by atoms with Gasteiger partial charge in [0.1, 0.15) is 0 Å². The zero-order chi connectivity index (χ0) is 19.3. The van der Waals surface area contributed by atoms with Crippen LogP contribution in [-0.2, 0) is 16.4 Å². The molecule has 0 fully saturated rings. The van der Waals surface area contributed by atoms with Crippen molar-refractivity contribution in [2.75, 3.05) is 13.1 Å². The van der Waals surface area contributed by atoms with Gasteiger partial charge in [-0.1, -0.05) is 35.9 Å². The molecule has 0 bridgehead atoms. The zero-order valence-corrected chi connectivity index (χ0v) is 15.5. The standard InChI is InChI=1S/C17H17ClN2O5S/c1-12-4-2-3-5-17(12)26(24,25)19-9-8-13-6-7-14(15(18)10-13)16(21)11-20(22)23/h2-7,10,19H,8-9,11H2,1H3. The lowest BCUT2D eigenvalue weighted by atomic mass is 10.1. The third-order valence-corrected chi connectivity index (χ3v) is 5.63. The predicted octanol–water partition coefficient (Wildman–Crippen LogP) is 2.63. The van der Waals surface area contributed by atoms with Crippen molar-refractivity contribution in [2.24, 2.45) is 0 Å². The monoisotopic (exact) mass is 396 g/mol. The van der Waals surface area contributed by atoms with Crippen molar-refractivity contribution < 1.29 is 18.1 Å². The third-order valence-electron chi connectivity index (χ3n) is 3.70. The van der Waals surface area contributed by atoms with Gasteiger partial charge in [0.05, 0.1) is 9.92 Å². The van der Waals surface area contributed by atoms with Crippen LogP contribution in [0.1, 0.15) is 21.5 Å². The second-order valence-corrected chi connectivity index (χ2v) is 7.78. The van der Waals surface area contributed by atoms with Gasteiger partial charge in [-0.2, -0.15) is 0 Å². The highest BCUT2D eigenvalue weighted by atomic mass is 35.5. The second kappa shape index (κ2) is 8.39. The molecule has 0 aliphatic heterocycles. The van der Waals surface area contributed by atoms with Gasteiger partial charge in [0, 0.05) is 17.0 Å². The average molecular weight is 397 g/mol. The van der Waals surface area contributed by atoms with Crippen molar-refractivity contribution >= 4 is 27.4 Å². The topological polar surface area (TPSA) is 106 Å². The summed E-state index contributed by atoms with van der Waals surface area (Å²) in [5, 5.41) is 10.5. The zero-order valence-electron chi connectivity index (χ0n) is 13.9. The summed E-state index contributed by atoms with van der Waals surface area (Å²) in [6, 6.07) is 11.2. The van der Waals surface area contributed by atoms with Gasteiger partial charge in [0.15, 0.2) is 0 Å². The number of Topliss-reactive ketones (excluding diaryl/α,β-unsaturated/α-hetero) is 1. The summed E-state index contributed by atoms with van der Waals surface area (Å²) in [5.41, 5.74) is 1.43. The molecule has 2 aromatic rings. The average Bonchev–Trinajstić information content (AvgIpc) is 2.54. The lowest BCUT2D eigenvalue weighted by molar-refractivity contribution is -0.465. The van der Waals surface area contributed by atoms with Crippen LogP contribution in [0.4, 0.5) is 0 Å². The molecule has 0 heterocycles. The van der Waals surface area contributed by atoms with Crippen LogP contribution in [0.5, 0.6) is 0 Å². The van der Waals surface area contributed by atoms with E-state index in [1.165, 1.54) is 18.2 Å². The van der Waals surface area contributed by atoms with E-state index in [1.807, 2.05) is 0 Å². The van der Waals surface area contributed by atoms with E-state index in [9.17, 15) is 23.3 Å². The van der Waals surface area contributed by atoms with Crippen molar-refractivity contribution in [2.45, 2.75) is 18.2 Å². The number of benzene rings is 2. The molecular weight excluding hydrogens is 380 g/mol. The number of halogens is 1. The second-order valence-electron chi connectivity index (χ2n) is 5.64. The number of hydrogen-bond acceptors (Lipinski definition) is 5. The number of nitrogens with zero attached hydrogens (tertiary/aromatic N) is 1. The van der Waals surface area contributed by atoms with Crippen molar-refractivity contribution in [3.63, 3.8) is 0 Å². The Balaban J connectivity index is 2.02. The van der Waals surface area contributed by atoms with Gasteiger partial charge < -0.3 is 0 Å². The Morgan fingerprint density at radius 2 is 1.92 bits per heavy atom. The van der Waals surface area contributed by atoms with Crippen LogP contribution in [0, 0.1) is 17.0 Å². The maximum atomic E-state index is 12.3. The van der Waals surface area contributed by atoms with E-state index in [0.29, 0.717) is 17.5 Å². The summed E-state index contributed by atoms with van der Waals surface area (Å²) in [4.78, 5) is 21.6. The summed E-state index contributed by atoms with van der Waals surface area (Å²) >= 11 is 6.01. The van der Waals surface area contributed by atoms with E-state index < -0.39 is 27.3 Å². The first-order valence-corrected chi connectivity index (χ1v) is 9.55. The third kappa shape index (κ3) is 5.10. The highest BCUT2D eigenvalue weighted by Crippen LogP contribution is 2.19. The molecule has 0 amide bonds. The molecule has 0 radical (unpaired) electrons. The molecule has 0 saturated heterocycles. The van der Waals surface area contributed by atoms with E-state index in [-0.39, 0.29) is 22.0 Å². The molecule has 7 nitrogen and oxygen atoms in total. The molecule has 2 rings (SSSR count). The summed E-state index contributed by atoms with van der Waals surface area (Å²) < 4.78 is 27.1. The lowest BCUT2D eigenvalue weighted by Crippen LogP contribution is -2.26. The molecule has 2 aromatic carbocycles. The smallest absolute Gasteiger partial charge is 0.265 e. The van der Waals surface area contributed by atoms with Gasteiger partial charge in [-0.05, 0) is 42.7 Å². The fraction of sp³-hybridized carbons (Fsp3) is 0.235.